The van der Waals surface area contributed by atoms with Gasteiger partial charge in [0, 0.05) is 17.2 Å². The number of hydrogen-bond acceptors (Lipinski definition) is 4. The summed E-state index contributed by atoms with van der Waals surface area (Å²) in [5, 5.41) is 0. The van der Waals surface area contributed by atoms with Crippen LogP contribution in [0.15, 0.2) is 35.3 Å². The van der Waals surface area contributed by atoms with Gasteiger partial charge in [-0.1, -0.05) is 19.9 Å². The molecule has 3 aliphatic heterocycles. The van der Waals surface area contributed by atoms with E-state index < -0.39 is 0 Å². The first-order valence-corrected chi connectivity index (χ1v) is 9.89. The normalized spacial score (nSPS) is 22.7. The van der Waals surface area contributed by atoms with Crippen LogP contribution in [0.3, 0.4) is 0 Å². The predicted octanol–water partition coefficient (Wildman–Crippen LogP) is 4.73. The van der Waals surface area contributed by atoms with Gasteiger partial charge in [0.05, 0.1) is 11.4 Å². The molecule has 0 saturated carbocycles. The summed E-state index contributed by atoms with van der Waals surface area (Å²) in [6.07, 6.45) is 1.87. The van der Waals surface area contributed by atoms with E-state index in [0.29, 0.717) is 28.8 Å². The summed E-state index contributed by atoms with van der Waals surface area (Å²) in [6.45, 7) is 8.91. The molecule has 3 aliphatic rings. The fraction of sp³-hybridized carbons (Fsp3) is 0.391. The Labute approximate surface area is 165 Å². The lowest BCUT2D eigenvalue weighted by Crippen LogP contribution is -2.50. The van der Waals surface area contributed by atoms with Crippen LogP contribution >= 0.6 is 0 Å². The highest BCUT2D eigenvalue weighted by Crippen LogP contribution is 2.49. The standard InChI is InChI=1S/C23H24N2O3/c1-5-14-8-16-13(2)11-23(3,4)25-21(16)17(9-14)20(22(25)26)24-15-6-7-18-19(10-15)28-12-27-18/h6-10,13H,5,11-12H2,1-4H3/t13-/m0/s1. The average Bonchev–Trinajstić information content (AvgIpc) is 3.22. The molecule has 144 valence electrons. The molecule has 0 unspecified atom stereocenters. The number of aryl methyl sites for hydroxylation is 1. The number of ether oxygens (including phenoxy) is 2. The zero-order valence-corrected chi connectivity index (χ0v) is 16.7. The van der Waals surface area contributed by atoms with Crippen molar-refractivity contribution in [2.45, 2.75) is 52.0 Å². The number of fused-ring (bicyclic) bond motifs is 1. The molecule has 5 nitrogen and oxygen atoms in total. The van der Waals surface area contributed by atoms with E-state index in [1.807, 2.05) is 23.1 Å². The van der Waals surface area contributed by atoms with Gasteiger partial charge in [0.25, 0.3) is 5.91 Å². The monoisotopic (exact) mass is 376 g/mol. The third kappa shape index (κ3) is 2.38. The van der Waals surface area contributed by atoms with E-state index in [1.54, 1.807) is 0 Å². The molecule has 28 heavy (non-hydrogen) atoms. The average molecular weight is 376 g/mol. The van der Waals surface area contributed by atoms with Crippen LogP contribution in [-0.4, -0.2) is 24.0 Å². The van der Waals surface area contributed by atoms with Gasteiger partial charge in [-0.2, -0.15) is 0 Å². The van der Waals surface area contributed by atoms with E-state index in [1.165, 1.54) is 11.1 Å². The number of carbonyl (C=O) groups is 1. The summed E-state index contributed by atoms with van der Waals surface area (Å²) < 4.78 is 10.9. The summed E-state index contributed by atoms with van der Waals surface area (Å²) in [7, 11) is 0. The van der Waals surface area contributed by atoms with Gasteiger partial charge in [-0.15, -0.1) is 0 Å². The molecule has 0 N–H and O–H groups in total. The van der Waals surface area contributed by atoms with E-state index in [-0.39, 0.29) is 18.2 Å². The number of nitrogens with zero attached hydrogens (tertiary/aromatic N) is 2. The zero-order valence-electron chi connectivity index (χ0n) is 16.7. The van der Waals surface area contributed by atoms with Crippen molar-refractivity contribution in [3.8, 4) is 11.5 Å². The molecule has 2 aromatic rings. The first-order valence-electron chi connectivity index (χ1n) is 9.89. The molecule has 5 rings (SSSR count). The fourth-order valence-electron chi connectivity index (χ4n) is 4.77. The lowest BCUT2D eigenvalue weighted by atomic mass is 9.79. The molecule has 0 saturated heterocycles. The van der Waals surface area contributed by atoms with Crippen molar-refractivity contribution >= 4 is 23.0 Å². The van der Waals surface area contributed by atoms with E-state index in [2.05, 4.69) is 39.8 Å². The Morgan fingerprint density at radius 1 is 1.18 bits per heavy atom. The summed E-state index contributed by atoms with van der Waals surface area (Å²) in [4.78, 5) is 20.2. The van der Waals surface area contributed by atoms with Crippen LogP contribution in [0, 0.1) is 0 Å². The maximum absolute atomic E-state index is 13.5. The first-order chi connectivity index (χ1) is 13.4. The highest BCUT2D eigenvalue weighted by atomic mass is 16.7. The Hall–Kier alpha value is -2.82. The van der Waals surface area contributed by atoms with Crippen molar-refractivity contribution in [2.24, 2.45) is 4.99 Å². The Balaban J connectivity index is 1.71. The minimum Gasteiger partial charge on any atom is -0.454 e. The van der Waals surface area contributed by atoms with Gasteiger partial charge in [0.1, 0.15) is 5.71 Å². The Bertz CT molecular complexity index is 1040. The molecule has 3 heterocycles. The van der Waals surface area contributed by atoms with Crippen LogP contribution in [0.25, 0.3) is 0 Å². The SMILES string of the molecule is CCc1cc2c3c(c1)[C@@H](C)CC(C)(C)N3C(=O)C2=Nc1ccc2c(c1)OCO2. The van der Waals surface area contributed by atoms with Gasteiger partial charge < -0.3 is 14.4 Å². The number of benzene rings is 2. The highest BCUT2D eigenvalue weighted by molar-refractivity contribution is 6.55. The number of hydrogen-bond donors (Lipinski definition) is 0. The second kappa shape index (κ2) is 5.84. The number of aliphatic imine (C=N–C) groups is 1. The van der Waals surface area contributed by atoms with Gasteiger partial charge >= 0.3 is 0 Å². The quantitative estimate of drug-likeness (QED) is 0.761. The third-order valence-corrected chi connectivity index (χ3v) is 6.03. The molecular weight excluding hydrogens is 352 g/mol. The molecule has 2 aromatic carbocycles. The Morgan fingerprint density at radius 2 is 1.96 bits per heavy atom. The Morgan fingerprint density at radius 3 is 2.75 bits per heavy atom. The first kappa shape index (κ1) is 17.3. The predicted molar refractivity (Wildman–Crippen MR) is 109 cm³/mol. The van der Waals surface area contributed by atoms with E-state index >= 15 is 0 Å². The second-order valence-corrected chi connectivity index (χ2v) is 8.49. The lowest BCUT2D eigenvalue weighted by molar-refractivity contribution is -0.113. The third-order valence-electron chi connectivity index (χ3n) is 6.03. The van der Waals surface area contributed by atoms with Crippen LogP contribution in [0.4, 0.5) is 11.4 Å². The van der Waals surface area contributed by atoms with Crippen LogP contribution in [0.5, 0.6) is 11.5 Å². The smallest absolute Gasteiger partial charge is 0.278 e. The van der Waals surface area contributed by atoms with Gasteiger partial charge in [-0.25, -0.2) is 4.99 Å². The number of anilines is 1. The topological polar surface area (TPSA) is 51.1 Å². The van der Waals surface area contributed by atoms with Crippen molar-refractivity contribution < 1.29 is 14.3 Å². The van der Waals surface area contributed by atoms with E-state index in [4.69, 9.17) is 14.5 Å². The maximum atomic E-state index is 13.5. The van der Waals surface area contributed by atoms with Crippen LogP contribution in [0.2, 0.25) is 0 Å². The van der Waals surface area contributed by atoms with Crippen LogP contribution < -0.4 is 14.4 Å². The summed E-state index contributed by atoms with van der Waals surface area (Å²) in [5.74, 6) is 1.78. The van der Waals surface area contributed by atoms with Crippen molar-refractivity contribution in [3.05, 3.63) is 47.0 Å². The van der Waals surface area contributed by atoms with Crippen LogP contribution in [0.1, 0.15) is 56.7 Å². The van der Waals surface area contributed by atoms with Gasteiger partial charge in [0.15, 0.2) is 11.5 Å². The molecular formula is C23H24N2O3. The molecule has 0 aliphatic carbocycles. The highest BCUT2D eigenvalue weighted by Gasteiger charge is 2.48. The number of rotatable bonds is 2. The molecule has 0 fully saturated rings. The van der Waals surface area contributed by atoms with E-state index in [0.717, 1.165) is 24.1 Å². The molecule has 1 atom stereocenters. The van der Waals surface area contributed by atoms with Gasteiger partial charge in [-0.3, -0.25) is 4.79 Å². The number of amides is 1. The van der Waals surface area contributed by atoms with Gasteiger partial charge in [-0.05, 0) is 61.9 Å². The molecule has 0 bridgehead atoms. The zero-order chi connectivity index (χ0) is 19.6. The summed E-state index contributed by atoms with van der Waals surface area (Å²) >= 11 is 0. The Kier molecular flexibility index (Phi) is 3.60. The fourth-order valence-corrected chi connectivity index (χ4v) is 4.77. The second-order valence-electron chi connectivity index (χ2n) is 8.49. The minimum absolute atomic E-state index is 0.0148. The molecule has 0 aromatic heterocycles. The largest absolute Gasteiger partial charge is 0.454 e. The number of carbonyl (C=O) groups excluding carboxylic acids is 1. The molecule has 0 radical (unpaired) electrons. The van der Waals surface area contributed by atoms with Crippen molar-refractivity contribution in [1.29, 1.82) is 0 Å². The van der Waals surface area contributed by atoms with Crippen molar-refractivity contribution in [2.75, 3.05) is 11.7 Å². The summed E-state index contributed by atoms with van der Waals surface area (Å²) in [6, 6.07) is 9.95. The molecule has 0 spiro atoms. The summed E-state index contributed by atoms with van der Waals surface area (Å²) in [5.41, 5.74) is 5.49. The minimum atomic E-state index is -0.238. The van der Waals surface area contributed by atoms with E-state index in [9.17, 15) is 4.79 Å². The van der Waals surface area contributed by atoms with Crippen molar-refractivity contribution in [3.63, 3.8) is 0 Å². The molecule has 5 heteroatoms. The maximum Gasteiger partial charge on any atom is 0.278 e. The lowest BCUT2D eigenvalue weighted by Gasteiger charge is -2.43. The van der Waals surface area contributed by atoms with Crippen LogP contribution in [-0.2, 0) is 11.2 Å². The molecule has 1 amide bonds. The van der Waals surface area contributed by atoms with Gasteiger partial charge in [0.2, 0.25) is 6.79 Å². The van der Waals surface area contributed by atoms with Crippen molar-refractivity contribution in [1.82, 2.24) is 0 Å².